The molecule has 0 saturated heterocycles. The normalized spacial score (nSPS) is 25.7. The molecule has 0 bridgehead atoms. The summed E-state index contributed by atoms with van der Waals surface area (Å²) in [6, 6.07) is 3.19. The van der Waals surface area contributed by atoms with Gasteiger partial charge in [0.1, 0.15) is 17.1 Å². The fourth-order valence-corrected chi connectivity index (χ4v) is 3.23. The lowest BCUT2D eigenvalue weighted by Crippen LogP contribution is -2.35. The largest absolute Gasteiger partial charge is 0.396 e. The first kappa shape index (κ1) is 18.5. The number of nitrogen functional groups attached to an aromatic ring is 1. The monoisotopic (exact) mass is 377 g/mol. The second-order valence-electron chi connectivity index (χ2n) is 6.16. The lowest BCUT2D eigenvalue weighted by atomic mass is 10.1. The number of nitrogens with zero attached hydrogens (tertiary/aromatic N) is 3. The molecule has 6 N–H and O–H groups in total. The van der Waals surface area contributed by atoms with E-state index in [1.54, 1.807) is 24.5 Å². The minimum absolute atomic E-state index is 0.0113. The molecule has 8 nitrogen and oxygen atoms in total. The van der Waals surface area contributed by atoms with Crippen LogP contribution < -0.4 is 11.1 Å². The van der Waals surface area contributed by atoms with E-state index in [0.717, 1.165) is 5.56 Å². The molecule has 0 radical (unpaired) electrons. The van der Waals surface area contributed by atoms with Crippen molar-refractivity contribution in [3.8, 4) is 0 Å². The Hall–Kier alpha value is -2.26. The molecular formula is C17H20ClN5O3. The third-order valence-electron chi connectivity index (χ3n) is 4.40. The van der Waals surface area contributed by atoms with Crippen molar-refractivity contribution in [2.75, 3.05) is 17.7 Å². The Morgan fingerprint density at radius 3 is 2.73 bits per heavy atom. The summed E-state index contributed by atoms with van der Waals surface area (Å²) in [5, 5.41) is 32.7. The molecule has 138 valence electrons. The zero-order valence-corrected chi connectivity index (χ0v) is 14.6. The van der Waals surface area contributed by atoms with Crippen LogP contribution in [0, 0.1) is 5.92 Å². The van der Waals surface area contributed by atoms with Crippen molar-refractivity contribution in [2.45, 2.75) is 24.7 Å². The van der Waals surface area contributed by atoms with Gasteiger partial charge in [0, 0.05) is 24.9 Å². The fourth-order valence-electron chi connectivity index (χ4n) is 2.99. The van der Waals surface area contributed by atoms with Gasteiger partial charge in [0.05, 0.1) is 17.7 Å². The van der Waals surface area contributed by atoms with Crippen molar-refractivity contribution in [1.29, 1.82) is 0 Å². The van der Waals surface area contributed by atoms with Gasteiger partial charge in [-0.25, -0.2) is 4.98 Å². The summed E-state index contributed by atoms with van der Waals surface area (Å²) in [5.74, 6) is -0.0770. The summed E-state index contributed by atoms with van der Waals surface area (Å²) in [7, 11) is 0. The second-order valence-corrected chi connectivity index (χ2v) is 6.52. The average molecular weight is 378 g/mol. The molecule has 0 amide bonds. The predicted octanol–water partition coefficient (Wildman–Crippen LogP) is 0.792. The summed E-state index contributed by atoms with van der Waals surface area (Å²) in [6.07, 6.45) is 5.22. The van der Waals surface area contributed by atoms with Crippen LogP contribution in [-0.2, 0) is 0 Å². The quantitative estimate of drug-likeness (QED) is 0.482. The minimum Gasteiger partial charge on any atom is -0.396 e. The van der Waals surface area contributed by atoms with Gasteiger partial charge >= 0.3 is 0 Å². The average Bonchev–Trinajstić information content (AvgIpc) is 2.89. The van der Waals surface area contributed by atoms with Crippen LogP contribution >= 0.6 is 11.6 Å². The molecule has 4 atom stereocenters. The van der Waals surface area contributed by atoms with Gasteiger partial charge in [0.2, 0.25) is 5.95 Å². The molecule has 0 aliphatic heterocycles. The van der Waals surface area contributed by atoms with E-state index < -0.39 is 24.2 Å². The Labute approximate surface area is 155 Å². The molecule has 9 heteroatoms. The van der Waals surface area contributed by atoms with E-state index in [0.29, 0.717) is 17.8 Å². The van der Waals surface area contributed by atoms with Crippen molar-refractivity contribution in [2.24, 2.45) is 5.92 Å². The van der Waals surface area contributed by atoms with Gasteiger partial charge in [0.15, 0.2) is 0 Å². The first-order valence-electron chi connectivity index (χ1n) is 8.14. The molecule has 1 aliphatic carbocycles. The maximum Gasteiger partial charge on any atom is 0.223 e. The highest BCUT2D eigenvalue weighted by molar-refractivity contribution is 6.31. The summed E-state index contributed by atoms with van der Waals surface area (Å²) >= 11 is 6.22. The van der Waals surface area contributed by atoms with Gasteiger partial charge in [-0.1, -0.05) is 23.7 Å². The van der Waals surface area contributed by atoms with Crippen LogP contribution in [0.25, 0.3) is 12.2 Å². The highest BCUT2D eigenvalue weighted by Gasteiger charge is 2.41. The van der Waals surface area contributed by atoms with Gasteiger partial charge in [-0.3, -0.25) is 4.98 Å². The van der Waals surface area contributed by atoms with E-state index in [9.17, 15) is 15.3 Å². The zero-order chi connectivity index (χ0) is 18.7. The van der Waals surface area contributed by atoms with E-state index in [1.165, 1.54) is 0 Å². The lowest BCUT2D eigenvalue weighted by molar-refractivity contribution is 0.00445. The molecular weight excluding hydrogens is 358 g/mol. The number of hydrogen-bond acceptors (Lipinski definition) is 8. The van der Waals surface area contributed by atoms with Crippen LogP contribution in [0.4, 0.5) is 11.8 Å². The first-order valence-corrected chi connectivity index (χ1v) is 8.52. The van der Waals surface area contributed by atoms with Crippen molar-refractivity contribution >= 4 is 35.5 Å². The Morgan fingerprint density at radius 1 is 1.27 bits per heavy atom. The number of aromatic nitrogens is 3. The maximum atomic E-state index is 10.2. The topological polar surface area (TPSA) is 137 Å². The van der Waals surface area contributed by atoms with Crippen LogP contribution in [0.15, 0.2) is 24.5 Å². The number of halogens is 1. The Kier molecular flexibility index (Phi) is 5.67. The van der Waals surface area contributed by atoms with E-state index in [2.05, 4.69) is 20.3 Å². The van der Waals surface area contributed by atoms with Gasteiger partial charge in [-0.2, -0.15) is 4.98 Å². The second kappa shape index (κ2) is 7.96. The van der Waals surface area contributed by atoms with Crippen molar-refractivity contribution < 1.29 is 15.3 Å². The van der Waals surface area contributed by atoms with Crippen molar-refractivity contribution in [1.82, 2.24) is 15.0 Å². The van der Waals surface area contributed by atoms with Gasteiger partial charge < -0.3 is 26.4 Å². The third kappa shape index (κ3) is 3.94. The summed E-state index contributed by atoms with van der Waals surface area (Å²) < 4.78 is 0. The molecule has 1 aliphatic rings. The number of anilines is 2. The van der Waals surface area contributed by atoms with Crippen LogP contribution in [0.2, 0.25) is 5.15 Å². The number of rotatable bonds is 5. The summed E-state index contributed by atoms with van der Waals surface area (Å²) in [5.41, 5.74) is 7.06. The molecule has 0 unspecified atom stereocenters. The number of hydrogen-bond donors (Lipinski definition) is 5. The molecule has 2 aromatic heterocycles. The van der Waals surface area contributed by atoms with Crippen molar-refractivity contribution in [3.63, 3.8) is 0 Å². The molecule has 2 heterocycles. The molecule has 2 aromatic rings. The summed E-state index contributed by atoms with van der Waals surface area (Å²) in [4.78, 5) is 12.2. The highest BCUT2D eigenvalue weighted by atomic mass is 35.5. The first-order chi connectivity index (χ1) is 12.5. The smallest absolute Gasteiger partial charge is 0.223 e. The predicted molar refractivity (Wildman–Crippen MR) is 99.2 cm³/mol. The summed E-state index contributed by atoms with van der Waals surface area (Å²) in [6.45, 7) is -0.211. The van der Waals surface area contributed by atoms with E-state index in [-0.39, 0.29) is 17.7 Å². The van der Waals surface area contributed by atoms with Crippen LogP contribution in [0.1, 0.15) is 17.5 Å². The van der Waals surface area contributed by atoms with E-state index in [1.807, 2.05) is 12.1 Å². The van der Waals surface area contributed by atoms with Crippen LogP contribution in [-0.4, -0.2) is 55.1 Å². The molecule has 1 fully saturated rings. The van der Waals surface area contributed by atoms with E-state index >= 15 is 0 Å². The Morgan fingerprint density at radius 2 is 2.08 bits per heavy atom. The number of aliphatic hydroxyl groups excluding tert-OH is 3. The minimum atomic E-state index is -1.04. The maximum absolute atomic E-state index is 10.2. The lowest BCUT2D eigenvalue weighted by Gasteiger charge is -2.20. The SMILES string of the molecule is Nc1nc(Cl)c(/C=C/c2cccnc2)c(N[C@@H]2C[C@H](CO)[C@@H](O)[C@H]2O)n1. The Bertz CT molecular complexity index is 789. The molecule has 0 aromatic carbocycles. The number of pyridine rings is 1. The van der Waals surface area contributed by atoms with E-state index in [4.69, 9.17) is 17.3 Å². The van der Waals surface area contributed by atoms with Gasteiger partial charge in [0.25, 0.3) is 0 Å². The van der Waals surface area contributed by atoms with Crippen LogP contribution in [0.5, 0.6) is 0 Å². The van der Waals surface area contributed by atoms with Crippen LogP contribution in [0.3, 0.4) is 0 Å². The molecule has 26 heavy (non-hydrogen) atoms. The molecule has 3 rings (SSSR count). The van der Waals surface area contributed by atoms with Gasteiger partial charge in [-0.15, -0.1) is 0 Å². The number of nitrogens with two attached hydrogens (primary N) is 1. The number of nitrogens with one attached hydrogen (secondary N) is 1. The molecule has 1 saturated carbocycles. The zero-order valence-electron chi connectivity index (χ0n) is 13.8. The standard InChI is InChI=1S/C17H20ClN5O3/c18-15-11(4-3-9-2-1-5-20-7-9)16(23-17(19)22-15)21-12-6-10(8-24)13(25)14(12)26/h1-5,7,10,12-14,24-26H,6,8H2,(H3,19,21,22,23)/b4-3+/t10-,12-,13-,14+/m1/s1. The Balaban J connectivity index is 1.88. The van der Waals surface area contributed by atoms with Crippen molar-refractivity contribution in [3.05, 3.63) is 40.8 Å². The number of aliphatic hydroxyl groups is 3. The van der Waals surface area contributed by atoms with Gasteiger partial charge in [-0.05, 0) is 24.1 Å². The molecule has 0 spiro atoms. The third-order valence-corrected chi connectivity index (χ3v) is 4.69. The fraction of sp³-hybridized carbons (Fsp3) is 0.353. The highest BCUT2D eigenvalue weighted by Crippen LogP contribution is 2.31.